The molecule has 214 valence electrons. The summed E-state index contributed by atoms with van der Waals surface area (Å²) in [6.45, 7) is 0. The first kappa shape index (κ1) is 25.0. The van der Waals surface area contributed by atoms with Crippen molar-refractivity contribution in [3.8, 4) is 34.2 Å². The second kappa shape index (κ2) is 9.58. The molecule has 5 nitrogen and oxygen atoms in total. The lowest BCUT2D eigenvalue weighted by atomic mass is 10.0. The number of rotatable bonds is 3. The molecule has 0 aliphatic rings. The van der Waals surface area contributed by atoms with Crippen LogP contribution in [0.2, 0.25) is 0 Å². The Balaban J connectivity index is 1.20. The van der Waals surface area contributed by atoms with Crippen LogP contribution in [-0.2, 0) is 0 Å². The van der Waals surface area contributed by atoms with Crippen molar-refractivity contribution in [2.45, 2.75) is 0 Å². The fourth-order valence-electron chi connectivity index (χ4n) is 6.61. The second-order valence-corrected chi connectivity index (χ2v) is 11.7. The summed E-state index contributed by atoms with van der Waals surface area (Å²) < 4.78 is 12.8. The van der Waals surface area contributed by atoms with Crippen LogP contribution in [0.4, 0.5) is 0 Å². The molecule has 0 bridgehead atoms. The van der Waals surface area contributed by atoms with Crippen LogP contribution < -0.4 is 0 Å². The lowest BCUT2D eigenvalue weighted by Gasteiger charge is -2.09. The Kier molecular flexibility index (Phi) is 5.22. The molecule has 10 rings (SSSR count). The van der Waals surface area contributed by atoms with Crippen LogP contribution in [0.3, 0.4) is 0 Å². The Bertz CT molecular complexity index is 2830. The topological polar surface area (TPSA) is 65.0 Å². The smallest absolute Gasteiger partial charge is 0.167 e. The molecule has 0 aliphatic carbocycles. The first-order valence-electron chi connectivity index (χ1n) is 15.3. The van der Waals surface area contributed by atoms with E-state index in [0.29, 0.717) is 17.5 Å². The zero-order chi connectivity index (χ0) is 30.2. The SMILES string of the molecule is c1ccc2cc(-c3nc(-c4ccc5c(c4)oc4cc6ccccc6cc45)nc(-c4cccc5c4oc4ccccc45)n3)ccc2c1. The molecule has 0 fully saturated rings. The van der Waals surface area contributed by atoms with Gasteiger partial charge in [-0.3, -0.25) is 0 Å². The van der Waals surface area contributed by atoms with Crippen LogP contribution in [0.15, 0.2) is 148 Å². The average Bonchev–Trinajstić information content (AvgIpc) is 3.67. The van der Waals surface area contributed by atoms with Crippen LogP contribution in [0.5, 0.6) is 0 Å². The minimum atomic E-state index is 0.550. The lowest BCUT2D eigenvalue weighted by Crippen LogP contribution is -2.00. The molecular weight excluding hydrogens is 566 g/mol. The summed E-state index contributed by atoms with van der Waals surface area (Å²) in [5.74, 6) is 1.71. The third kappa shape index (κ3) is 3.85. The highest BCUT2D eigenvalue weighted by molar-refractivity contribution is 6.11. The predicted molar refractivity (Wildman–Crippen MR) is 186 cm³/mol. The molecule has 10 aromatic rings. The molecule has 0 atom stereocenters. The van der Waals surface area contributed by atoms with Gasteiger partial charge in [0, 0.05) is 32.7 Å². The summed E-state index contributed by atoms with van der Waals surface area (Å²) in [4.78, 5) is 15.2. The quantitative estimate of drug-likeness (QED) is 0.205. The van der Waals surface area contributed by atoms with Crippen molar-refractivity contribution in [3.63, 3.8) is 0 Å². The fourth-order valence-corrected chi connectivity index (χ4v) is 6.61. The Morgan fingerprint density at radius 3 is 1.80 bits per heavy atom. The van der Waals surface area contributed by atoms with E-state index in [2.05, 4.69) is 84.9 Å². The van der Waals surface area contributed by atoms with Gasteiger partial charge in [0.05, 0.1) is 5.56 Å². The first-order chi connectivity index (χ1) is 22.7. The van der Waals surface area contributed by atoms with Crippen molar-refractivity contribution >= 4 is 65.4 Å². The zero-order valence-electron chi connectivity index (χ0n) is 24.4. The van der Waals surface area contributed by atoms with E-state index in [1.807, 2.05) is 54.6 Å². The van der Waals surface area contributed by atoms with Gasteiger partial charge >= 0.3 is 0 Å². The van der Waals surface area contributed by atoms with Gasteiger partial charge in [0.15, 0.2) is 17.5 Å². The Hall–Kier alpha value is -6.33. The fraction of sp³-hybridized carbons (Fsp3) is 0. The standard InChI is InChI=1S/C41H23N3O2/c1-2-9-25-20-28(17-16-24(25)8-1)39-42-40(44-41(43-39)33-14-7-13-32-30-12-5-6-15-35(30)46-38(32)33)29-18-19-31-34-21-26-10-3-4-11-27(26)22-37(34)45-36(31)23-29/h1-23H. The number of fused-ring (bicyclic) bond motifs is 8. The van der Waals surface area contributed by atoms with Crippen molar-refractivity contribution in [2.75, 3.05) is 0 Å². The van der Waals surface area contributed by atoms with Gasteiger partial charge in [-0.2, -0.15) is 0 Å². The van der Waals surface area contributed by atoms with Crippen LogP contribution in [-0.4, -0.2) is 15.0 Å². The van der Waals surface area contributed by atoms with E-state index in [0.717, 1.165) is 76.7 Å². The van der Waals surface area contributed by atoms with Gasteiger partial charge in [-0.25, -0.2) is 15.0 Å². The third-order valence-electron chi connectivity index (χ3n) is 8.89. The maximum atomic E-state index is 6.41. The van der Waals surface area contributed by atoms with Gasteiger partial charge in [-0.15, -0.1) is 0 Å². The summed E-state index contributed by atoms with van der Waals surface area (Å²) in [6, 6.07) is 47.7. The van der Waals surface area contributed by atoms with Crippen LogP contribution in [0.1, 0.15) is 0 Å². The number of furan rings is 2. The molecule has 0 amide bonds. The van der Waals surface area contributed by atoms with E-state index < -0.39 is 0 Å². The molecule has 3 aromatic heterocycles. The minimum Gasteiger partial charge on any atom is -0.456 e. The van der Waals surface area contributed by atoms with Gasteiger partial charge in [-0.05, 0) is 64.0 Å². The largest absolute Gasteiger partial charge is 0.456 e. The molecular formula is C41H23N3O2. The minimum absolute atomic E-state index is 0.550. The normalized spacial score (nSPS) is 11.9. The summed E-state index contributed by atoms with van der Waals surface area (Å²) >= 11 is 0. The molecule has 0 aliphatic heterocycles. The molecule has 0 saturated carbocycles. The monoisotopic (exact) mass is 589 g/mol. The highest BCUT2D eigenvalue weighted by Gasteiger charge is 2.19. The van der Waals surface area contributed by atoms with Crippen LogP contribution >= 0.6 is 0 Å². The summed E-state index contributed by atoms with van der Waals surface area (Å²) in [5.41, 5.74) is 5.81. The number of hydrogen-bond donors (Lipinski definition) is 0. The number of hydrogen-bond acceptors (Lipinski definition) is 5. The molecule has 0 N–H and O–H groups in total. The van der Waals surface area contributed by atoms with Crippen molar-refractivity contribution in [1.29, 1.82) is 0 Å². The van der Waals surface area contributed by atoms with Gasteiger partial charge in [0.1, 0.15) is 22.3 Å². The van der Waals surface area contributed by atoms with Gasteiger partial charge < -0.3 is 8.83 Å². The predicted octanol–water partition coefficient (Wildman–Crippen LogP) is 11.0. The van der Waals surface area contributed by atoms with Crippen LogP contribution in [0, 0.1) is 0 Å². The number of nitrogens with zero attached hydrogens (tertiary/aromatic N) is 3. The molecule has 7 aromatic carbocycles. The maximum Gasteiger partial charge on any atom is 0.167 e. The first-order valence-corrected chi connectivity index (χ1v) is 15.3. The van der Waals surface area contributed by atoms with E-state index >= 15 is 0 Å². The Morgan fingerprint density at radius 2 is 0.957 bits per heavy atom. The zero-order valence-corrected chi connectivity index (χ0v) is 24.4. The summed E-state index contributed by atoms with van der Waals surface area (Å²) in [7, 11) is 0. The highest BCUT2D eigenvalue weighted by Crippen LogP contribution is 2.37. The lowest BCUT2D eigenvalue weighted by molar-refractivity contribution is 0.669. The van der Waals surface area contributed by atoms with E-state index in [4.69, 9.17) is 23.8 Å². The van der Waals surface area contributed by atoms with Gasteiger partial charge in [0.25, 0.3) is 0 Å². The van der Waals surface area contributed by atoms with Crippen molar-refractivity contribution in [1.82, 2.24) is 15.0 Å². The second-order valence-electron chi connectivity index (χ2n) is 11.7. The van der Waals surface area contributed by atoms with Gasteiger partial charge in [-0.1, -0.05) is 97.1 Å². The van der Waals surface area contributed by atoms with Crippen molar-refractivity contribution in [3.05, 3.63) is 140 Å². The molecule has 5 heteroatoms. The van der Waals surface area contributed by atoms with E-state index in [9.17, 15) is 0 Å². The van der Waals surface area contributed by atoms with E-state index in [-0.39, 0.29) is 0 Å². The third-order valence-corrected chi connectivity index (χ3v) is 8.89. The molecule has 0 radical (unpaired) electrons. The van der Waals surface area contributed by atoms with E-state index in [1.165, 1.54) is 5.39 Å². The number of benzene rings is 7. The highest BCUT2D eigenvalue weighted by atomic mass is 16.3. The molecule has 0 spiro atoms. The average molecular weight is 590 g/mol. The van der Waals surface area contributed by atoms with Gasteiger partial charge in [0.2, 0.25) is 0 Å². The molecule has 0 saturated heterocycles. The number of aromatic nitrogens is 3. The summed E-state index contributed by atoms with van der Waals surface area (Å²) in [5, 5.41) is 8.85. The molecule has 46 heavy (non-hydrogen) atoms. The molecule has 0 unspecified atom stereocenters. The van der Waals surface area contributed by atoms with Crippen molar-refractivity contribution in [2.24, 2.45) is 0 Å². The Labute approximate surface area is 262 Å². The molecule has 3 heterocycles. The summed E-state index contributed by atoms with van der Waals surface area (Å²) in [6.07, 6.45) is 0. The maximum absolute atomic E-state index is 6.41. The van der Waals surface area contributed by atoms with Crippen molar-refractivity contribution < 1.29 is 8.83 Å². The van der Waals surface area contributed by atoms with E-state index in [1.54, 1.807) is 0 Å². The van der Waals surface area contributed by atoms with Crippen LogP contribution in [0.25, 0.3) is 99.6 Å². The Morgan fingerprint density at radius 1 is 0.348 bits per heavy atom. The number of para-hydroxylation sites is 2.